The molecule has 0 aliphatic carbocycles. The molecule has 0 amide bonds. The third-order valence-electron chi connectivity index (χ3n) is 3.53. The summed E-state index contributed by atoms with van der Waals surface area (Å²) < 4.78 is 7.14. The molecule has 1 aromatic rings. The molecule has 0 spiro atoms. The average molecular weight is 401 g/mol. The standard InChI is InChI=1S/C15H16INO4/c1-3-5-6-7-17-12(16)8-11-10(13(17)18)9-21-14(19)15(11,20)4-2/h8,20H,3-4,7,9H2,1-2H3/t15-/m0/s1. The smallest absolute Gasteiger partial charge is 0.343 e. The molecule has 2 heterocycles. The van der Waals surface area contributed by atoms with Crippen molar-refractivity contribution in [1.29, 1.82) is 0 Å². The number of aromatic nitrogens is 1. The van der Waals surface area contributed by atoms with Gasteiger partial charge in [-0.1, -0.05) is 19.8 Å². The summed E-state index contributed by atoms with van der Waals surface area (Å²) in [4.78, 5) is 24.3. The van der Waals surface area contributed by atoms with Crippen molar-refractivity contribution in [3.63, 3.8) is 0 Å². The Morgan fingerprint density at radius 2 is 2.14 bits per heavy atom. The molecule has 1 atom stereocenters. The van der Waals surface area contributed by atoms with Crippen molar-refractivity contribution in [1.82, 2.24) is 4.57 Å². The Bertz CT molecular complexity index is 698. The second-order valence-electron chi connectivity index (χ2n) is 4.75. The van der Waals surface area contributed by atoms with Crippen LogP contribution in [0.1, 0.15) is 37.8 Å². The van der Waals surface area contributed by atoms with E-state index in [1.165, 1.54) is 4.57 Å². The van der Waals surface area contributed by atoms with E-state index in [1.807, 2.05) is 29.5 Å². The van der Waals surface area contributed by atoms with E-state index in [0.717, 1.165) is 6.42 Å². The highest BCUT2D eigenvalue weighted by molar-refractivity contribution is 14.1. The first-order chi connectivity index (χ1) is 9.95. The number of aliphatic hydroxyl groups is 1. The summed E-state index contributed by atoms with van der Waals surface area (Å²) in [6.07, 6.45) is 0.886. The minimum absolute atomic E-state index is 0.104. The summed E-state index contributed by atoms with van der Waals surface area (Å²) in [5.41, 5.74) is -1.31. The van der Waals surface area contributed by atoms with E-state index in [2.05, 4.69) is 11.8 Å². The zero-order valence-corrected chi connectivity index (χ0v) is 14.1. The van der Waals surface area contributed by atoms with E-state index in [4.69, 9.17) is 4.74 Å². The minimum atomic E-state index is -1.74. The Morgan fingerprint density at radius 3 is 2.76 bits per heavy atom. The Kier molecular flexibility index (Phi) is 4.74. The number of fused-ring (bicyclic) bond motifs is 1. The SMILES string of the molecule is CCC#CCn1c(I)cc2c(c1=O)COC(=O)[C@]2(O)CC. The van der Waals surface area contributed by atoms with Gasteiger partial charge in [-0.25, -0.2) is 4.79 Å². The first-order valence-electron chi connectivity index (χ1n) is 6.73. The predicted octanol–water partition coefficient (Wildman–Crippen LogP) is 1.52. The van der Waals surface area contributed by atoms with Crippen LogP contribution in [0.15, 0.2) is 10.9 Å². The van der Waals surface area contributed by atoms with Crippen molar-refractivity contribution in [3.8, 4) is 11.8 Å². The molecule has 0 bridgehead atoms. The van der Waals surface area contributed by atoms with Crippen molar-refractivity contribution in [2.45, 2.75) is 45.4 Å². The zero-order chi connectivity index (χ0) is 15.6. The Morgan fingerprint density at radius 1 is 1.43 bits per heavy atom. The molecule has 2 rings (SSSR count). The topological polar surface area (TPSA) is 68.5 Å². The minimum Gasteiger partial charge on any atom is -0.458 e. The maximum absolute atomic E-state index is 12.5. The van der Waals surface area contributed by atoms with Gasteiger partial charge in [0.15, 0.2) is 5.60 Å². The lowest BCUT2D eigenvalue weighted by Gasteiger charge is -2.31. The summed E-state index contributed by atoms with van der Waals surface area (Å²) in [7, 11) is 0. The van der Waals surface area contributed by atoms with Crippen molar-refractivity contribution >= 4 is 28.6 Å². The Balaban J connectivity index is 2.60. The van der Waals surface area contributed by atoms with Crippen molar-refractivity contribution < 1.29 is 14.6 Å². The molecule has 0 fully saturated rings. The second-order valence-corrected chi connectivity index (χ2v) is 5.85. The monoisotopic (exact) mass is 401 g/mol. The van der Waals surface area contributed by atoms with Gasteiger partial charge in [0.25, 0.3) is 5.56 Å². The van der Waals surface area contributed by atoms with Gasteiger partial charge in [0.05, 0.1) is 15.8 Å². The zero-order valence-electron chi connectivity index (χ0n) is 11.9. The largest absolute Gasteiger partial charge is 0.458 e. The predicted molar refractivity (Wildman–Crippen MR) is 85.5 cm³/mol. The summed E-state index contributed by atoms with van der Waals surface area (Å²) in [5, 5.41) is 10.5. The van der Waals surface area contributed by atoms with Gasteiger partial charge in [0.2, 0.25) is 0 Å². The number of esters is 1. The number of hydrogen-bond acceptors (Lipinski definition) is 4. The number of rotatable bonds is 2. The highest BCUT2D eigenvalue weighted by Crippen LogP contribution is 2.33. The van der Waals surface area contributed by atoms with E-state index in [-0.39, 0.29) is 25.1 Å². The van der Waals surface area contributed by atoms with Crippen LogP contribution in [-0.4, -0.2) is 15.6 Å². The molecule has 1 N–H and O–H groups in total. The third-order valence-corrected chi connectivity index (χ3v) is 4.42. The maximum atomic E-state index is 12.5. The molecule has 1 aliphatic rings. The van der Waals surface area contributed by atoms with Crippen LogP contribution in [0, 0.1) is 15.5 Å². The lowest BCUT2D eigenvalue weighted by molar-refractivity contribution is -0.172. The van der Waals surface area contributed by atoms with Crippen molar-refractivity contribution in [3.05, 3.63) is 31.2 Å². The van der Waals surface area contributed by atoms with E-state index < -0.39 is 11.6 Å². The summed E-state index contributed by atoms with van der Waals surface area (Å²) in [6, 6.07) is 1.68. The molecule has 0 saturated carbocycles. The Hall–Kier alpha value is -1.33. The van der Waals surface area contributed by atoms with Crippen LogP contribution >= 0.6 is 22.6 Å². The lowest BCUT2D eigenvalue weighted by atomic mass is 9.87. The average Bonchev–Trinajstić information content (AvgIpc) is 2.47. The molecule has 0 aromatic carbocycles. The van der Waals surface area contributed by atoms with Crippen LogP contribution < -0.4 is 5.56 Å². The molecule has 0 saturated heterocycles. The quantitative estimate of drug-likeness (QED) is 0.353. The van der Waals surface area contributed by atoms with Gasteiger partial charge in [0.1, 0.15) is 6.61 Å². The van der Waals surface area contributed by atoms with Gasteiger partial charge in [-0.3, -0.25) is 9.36 Å². The summed E-state index contributed by atoms with van der Waals surface area (Å²) in [6.45, 7) is 3.81. The maximum Gasteiger partial charge on any atom is 0.343 e. The van der Waals surface area contributed by atoms with Gasteiger partial charge in [0, 0.05) is 12.0 Å². The molecule has 21 heavy (non-hydrogen) atoms. The third kappa shape index (κ3) is 2.72. The molecule has 112 valence electrons. The van der Waals surface area contributed by atoms with Gasteiger partial charge < -0.3 is 9.84 Å². The molecule has 1 aromatic heterocycles. The fraction of sp³-hybridized carbons (Fsp3) is 0.467. The number of cyclic esters (lactones) is 1. The van der Waals surface area contributed by atoms with Crippen molar-refractivity contribution in [2.24, 2.45) is 0 Å². The fourth-order valence-electron chi connectivity index (χ4n) is 2.28. The van der Waals surface area contributed by atoms with Gasteiger partial charge in [-0.05, 0) is 35.1 Å². The molecular formula is C15H16INO4. The molecule has 1 aliphatic heterocycles. The van der Waals surface area contributed by atoms with Crippen LogP contribution in [-0.2, 0) is 28.3 Å². The molecular weight excluding hydrogens is 385 g/mol. The fourth-order valence-corrected chi connectivity index (χ4v) is 2.98. The number of carbonyl (C=O) groups excluding carboxylic acids is 1. The molecule has 0 unspecified atom stereocenters. The van der Waals surface area contributed by atoms with Crippen LogP contribution in [0.4, 0.5) is 0 Å². The number of pyridine rings is 1. The first kappa shape index (κ1) is 16.0. The number of carbonyl (C=O) groups is 1. The number of hydrogen-bond donors (Lipinski definition) is 1. The lowest BCUT2D eigenvalue weighted by Crippen LogP contribution is -2.44. The van der Waals surface area contributed by atoms with Gasteiger partial charge in [-0.15, -0.1) is 5.92 Å². The second kappa shape index (κ2) is 6.20. The summed E-state index contributed by atoms with van der Waals surface area (Å²) in [5.74, 6) is 5.14. The van der Waals surface area contributed by atoms with Crippen LogP contribution in [0.3, 0.4) is 0 Å². The number of ether oxygens (including phenoxy) is 1. The van der Waals surface area contributed by atoms with Gasteiger partial charge >= 0.3 is 5.97 Å². The van der Waals surface area contributed by atoms with Crippen molar-refractivity contribution in [2.75, 3.05) is 0 Å². The normalized spacial score (nSPS) is 20.3. The van der Waals surface area contributed by atoms with E-state index in [0.29, 0.717) is 14.8 Å². The Labute approximate surface area is 136 Å². The summed E-state index contributed by atoms with van der Waals surface area (Å²) >= 11 is 2.02. The first-order valence-corrected chi connectivity index (χ1v) is 7.81. The van der Waals surface area contributed by atoms with Crippen LogP contribution in [0.25, 0.3) is 0 Å². The number of halogens is 1. The van der Waals surface area contributed by atoms with E-state index >= 15 is 0 Å². The molecule has 6 heteroatoms. The van der Waals surface area contributed by atoms with Crippen LogP contribution in [0.5, 0.6) is 0 Å². The molecule has 0 radical (unpaired) electrons. The van der Waals surface area contributed by atoms with Gasteiger partial charge in [-0.2, -0.15) is 0 Å². The number of nitrogens with zero attached hydrogens (tertiary/aromatic N) is 1. The highest BCUT2D eigenvalue weighted by Gasteiger charge is 2.44. The van der Waals surface area contributed by atoms with E-state index in [1.54, 1.807) is 13.0 Å². The van der Waals surface area contributed by atoms with E-state index in [9.17, 15) is 14.7 Å². The highest BCUT2D eigenvalue weighted by atomic mass is 127. The van der Waals surface area contributed by atoms with Crippen LogP contribution in [0.2, 0.25) is 0 Å². The molecule has 5 nitrogen and oxygen atoms in total.